The van der Waals surface area contributed by atoms with Crippen LogP contribution in [-0.4, -0.2) is 0 Å². The summed E-state index contributed by atoms with van der Waals surface area (Å²) in [7, 11) is 0. The molecule has 0 N–H and O–H groups in total. The predicted molar refractivity (Wildman–Crippen MR) is 211 cm³/mol. The van der Waals surface area contributed by atoms with E-state index in [1.54, 1.807) is 0 Å². The fourth-order valence-electron chi connectivity index (χ4n) is 7.84. The zero-order valence-corrected chi connectivity index (χ0v) is 27.4. The monoisotopic (exact) mass is 612 g/mol. The van der Waals surface area contributed by atoms with Gasteiger partial charge >= 0.3 is 0 Å². The molecular weight excluding hydrogens is 577 g/mol. The van der Waals surface area contributed by atoms with Crippen molar-refractivity contribution in [1.29, 1.82) is 0 Å². The molecule has 0 unspecified atom stereocenters. The van der Waals surface area contributed by atoms with Gasteiger partial charge in [-0.3, -0.25) is 0 Å². The molecule has 0 aromatic heterocycles. The van der Waals surface area contributed by atoms with Crippen LogP contribution in [0.5, 0.6) is 0 Å². The summed E-state index contributed by atoms with van der Waals surface area (Å²) in [6.45, 7) is 4.00. The van der Waals surface area contributed by atoms with Crippen LogP contribution in [-0.2, 0) is 6.42 Å². The summed E-state index contributed by atoms with van der Waals surface area (Å²) < 4.78 is 0. The van der Waals surface area contributed by atoms with Gasteiger partial charge in [0.2, 0.25) is 0 Å². The van der Waals surface area contributed by atoms with E-state index in [2.05, 4.69) is 158 Å². The average molecular weight is 613 g/mol. The number of aryl methyl sites for hydroxylation is 1. The van der Waals surface area contributed by atoms with E-state index in [0.717, 1.165) is 12.8 Å². The summed E-state index contributed by atoms with van der Waals surface area (Å²) >= 11 is 0. The quantitative estimate of drug-likeness (QED) is 0.170. The molecule has 0 saturated carbocycles. The van der Waals surface area contributed by atoms with Gasteiger partial charge in [-0.15, -0.1) is 0 Å². The van der Waals surface area contributed by atoms with Crippen molar-refractivity contribution >= 4 is 70.7 Å². The normalized spacial score (nSPS) is 12.5. The zero-order valence-electron chi connectivity index (χ0n) is 27.4. The summed E-state index contributed by atoms with van der Waals surface area (Å²) in [6, 6.07) is 54.6. The minimum Gasteiger partial charge on any atom is -0.0836 e. The number of rotatable bonds is 2. The number of fused-ring (bicyclic) bond motifs is 11. The van der Waals surface area contributed by atoms with E-state index in [-0.39, 0.29) is 0 Å². The van der Waals surface area contributed by atoms with Crippen LogP contribution >= 0.6 is 0 Å². The molecule has 9 aromatic carbocycles. The van der Waals surface area contributed by atoms with Crippen LogP contribution in [0.2, 0.25) is 0 Å². The Hall–Kier alpha value is -5.72. The van der Waals surface area contributed by atoms with Crippen molar-refractivity contribution in [3.63, 3.8) is 0 Å². The van der Waals surface area contributed by atoms with Gasteiger partial charge in [-0.05, 0) is 135 Å². The highest BCUT2D eigenvalue weighted by molar-refractivity contribution is 6.18. The van der Waals surface area contributed by atoms with E-state index in [0.29, 0.717) is 0 Å². The molecule has 0 saturated heterocycles. The SMILES string of the molecule is C1=Cc2c(ccc3c2ccc2ccc(-c4ccc5cc(-c6ccc7ccc8c9ccccc9ccc8c7c6)ccc5c4)cc23)CC1.CC. The lowest BCUT2D eigenvalue weighted by Gasteiger charge is -2.15. The Kier molecular flexibility index (Phi) is 6.83. The van der Waals surface area contributed by atoms with E-state index in [4.69, 9.17) is 0 Å². The van der Waals surface area contributed by atoms with Crippen molar-refractivity contribution in [2.75, 3.05) is 0 Å². The third-order valence-electron chi connectivity index (χ3n) is 10.3. The Balaban J connectivity index is 0.00000154. The molecule has 0 aliphatic heterocycles. The lowest BCUT2D eigenvalue weighted by Crippen LogP contribution is -1.95. The summed E-state index contributed by atoms with van der Waals surface area (Å²) in [6.07, 6.45) is 6.90. The second-order valence-electron chi connectivity index (χ2n) is 12.8. The second-order valence-corrected chi connectivity index (χ2v) is 12.8. The molecule has 228 valence electrons. The topological polar surface area (TPSA) is 0 Å². The summed E-state index contributed by atoms with van der Waals surface area (Å²) in [5, 5.41) is 15.6. The van der Waals surface area contributed by atoms with Crippen LogP contribution in [0, 0.1) is 0 Å². The molecule has 0 fully saturated rings. The fraction of sp³-hybridized carbons (Fsp3) is 0.0833. The van der Waals surface area contributed by atoms with E-state index >= 15 is 0 Å². The number of benzene rings is 9. The van der Waals surface area contributed by atoms with Crippen molar-refractivity contribution in [2.45, 2.75) is 26.7 Å². The number of hydrogen-bond donors (Lipinski definition) is 0. The van der Waals surface area contributed by atoms with Gasteiger partial charge in [-0.1, -0.05) is 147 Å². The van der Waals surface area contributed by atoms with Crippen LogP contribution in [0.25, 0.3) is 93.0 Å². The Morgan fingerprint density at radius 3 is 1.46 bits per heavy atom. The number of hydrogen-bond acceptors (Lipinski definition) is 0. The molecule has 9 aromatic rings. The van der Waals surface area contributed by atoms with Gasteiger partial charge in [0.15, 0.2) is 0 Å². The van der Waals surface area contributed by atoms with Gasteiger partial charge in [0.25, 0.3) is 0 Å². The van der Waals surface area contributed by atoms with Gasteiger partial charge in [0, 0.05) is 0 Å². The minimum absolute atomic E-state index is 1.13. The van der Waals surface area contributed by atoms with E-state index < -0.39 is 0 Å². The molecule has 0 nitrogen and oxygen atoms in total. The molecule has 0 spiro atoms. The van der Waals surface area contributed by atoms with Crippen LogP contribution in [0.15, 0.2) is 152 Å². The highest BCUT2D eigenvalue weighted by Crippen LogP contribution is 2.37. The first-order valence-corrected chi connectivity index (χ1v) is 17.3. The maximum absolute atomic E-state index is 2.38. The molecule has 48 heavy (non-hydrogen) atoms. The molecule has 10 rings (SSSR count). The lowest BCUT2D eigenvalue weighted by molar-refractivity contribution is 0.990. The molecule has 0 amide bonds. The average Bonchev–Trinajstić information content (AvgIpc) is 3.17. The maximum Gasteiger partial charge on any atom is -0.00987 e. The van der Waals surface area contributed by atoms with E-state index in [1.807, 2.05) is 13.8 Å². The minimum atomic E-state index is 1.13. The van der Waals surface area contributed by atoms with Crippen molar-refractivity contribution in [3.05, 3.63) is 163 Å². The Bertz CT molecular complexity index is 2740. The summed E-state index contributed by atoms with van der Waals surface area (Å²) in [5.41, 5.74) is 7.86. The van der Waals surface area contributed by atoms with E-state index in [9.17, 15) is 0 Å². The van der Waals surface area contributed by atoms with Crippen molar-refractivity contribution in [3.8, 4) is 22.3 Å². The van der Waals surface area contributed by atoms with E-state index in [1.165, 1.54) is 98.0 Å². The first-order chi connectivity index (χ1) is 23.8. The smallest absolute Gasteiger partial charge is 0.00987 e. The molecule has 0 heterocycles. The standard InChI is InChI=1S/C46H30.C2H6/c1-3-7-39-29(5-1)17-23-43-41(39)21-19-31-9-11-37(27-45(31)43)35-15-13-34-26-36(16-14-33(34)25-35)38-12-10-32-20-22-42-40-8-4-2-6-30(40)18-24-44(42)46(32)28-38;1-2/h1,3-5,7-28H,2,6H2;1-2H3. The first-order valence-electron chi connectivity index (χ1n) is 17.3. The third kappa shape index (κ3) is 4.60. The number of allylic oxidation sites excluding steroid dienone is 1. The molecule has 0 radical (unpaired) electrons. The van der Waals surface area contributed by atoms with Gasteiger partial charge in [0.05, 0.1) is 0 Å². The third-order valence-corrected chi connectivity index (χ3v) is 10.3. The zero-order chi connectivity index (χ0) is 32.2. The Morgan fingerprint density at radius 1 is 0.354 bits per heavy atom. The largest absolute Gasteiger partial charge is 0.0836 e. The molecule has 0 heteroatoms. The van der Waals surface area contributed by atoms with Crippen LogP contribution in [0.1, 0.15) is 31.4 Å². The Labute approximate surface area is 281 Å². The molecule has 0 atom stereocenters. The summed E-state index contributed by atoms with van der Waals surface area (Å²) in [4.78, 5) is 0. The van der Waals surface area contributed by atoms with Crippen molar-refractivity contribution in [1.82, 2.24) is 0 Å². The molecule has 1 aliphatic carbocycles. The second kappa shape index (κ2) is 11.5. The predicted octanol–water partition coefficient (Wildman–Crippen LogP) is 13.9. The highest BCUT2D eigenvalue weighted by Gasteiger charge is 2.12. The maximum atomic E-state index is 2.38. The van der Waals surface area contributed by atoms with Gasteiger partial charge in [0.1, 0.15) is 0 Å². The molecular formula is C48H36. The first kappa shape index (κ1) is 28.5. The van der Waals surface area contributed by atoms with Crippen molar-refractivity contribution in [2.24, 2.45) is 0 Å². The van der Waals surface area contributed by atoms with Crippen LogP contribution < -0.4 is 0 Å². The van der Waals surface area contributed by atoms with Gasteiger partial charge in [-0.2, -0.15) is 0 Å². The van der Waals surface area contributed by atoms with Crippen LogP contribution in [0.4, 0.5) is 0 Å². The Morgan fingerprint density at radius 2 is 0.812 bits per heavy atom. The summed E-state index contributed by atoms with van der Waals surface area (Å²) in [5.74, 6) is 0. The van der Waals surface area contributed by atoms with Crippen molar-refractivity contribution < 1.29 is 0 Å². The van der Waals surface area contributed by atoms with Crippen LogP contribution in [0.3, 0.4) is 0 Å². The lowest BCUT2D eigenvalue weighted by atomic mass is 9.89. The van der Waals surface area contributed by atoms with Gasteiger partial charge in [-0.25, -0.2) is 0 Å². The highest BCUT2D eigenvalue weighted by atomic mass is 14.2. The van der Waals surface area contributed by atoms with Gasteiger partial charge < -0.3 is 0 Å². The fourth-order valence-corrected chi connectivity index (χ4v) is 7.84. The molecule has 0 bridgehead atoms. The molecule has 1 aliphatic rings.